The molecule has 132 valence electrons. The molecule has 0 aliphatic carbocycles. The zero-order valence-corrected chi connectivity index (χ0v) is 15.2. The van der Waals surface area contributed by atoms with Gasteiger partial charge >= 0.3 is 0 Å². The smallest absolute Gasteiger partial charge is 0.244 e. The number of aromatic nitrogens is 2. The van der Waals surface area contributed by atoms with E-state index in [0.29, 0.717) is 11.1 Å². The fourth-order valence-electron chi connectivity index (χ4n) is 3.62. The molecule has 4 heteroatoms. The summed E-state index contributed by atoms with van der Waals surface area (Å²) >= 11 is 0. The van der Waals surface area contributed by atoms with Gasteiger partial charge in [-0.05, 0) is 23.3 Å². The van der Waals surface area contributed by atoms with Crippen molar-refractivity contribution in [3.63, 3.8) is 0 Å². The van der Waals surface area contributed by atoms with Gasteiger partial charge in [-0.25, -0.2) is 9.13 Å². The van der Waals surface area contributed by atoms with Crippen molar-refractivity contribution >= 4 is 23.6 Å². The third-order valence-electron chi connectivity index (χ3n) is 4.92. The molecule has 0 saturated carbocycles. The Kier molecular flexibility index (Phi) is 4.16. The molecule has 0 spiro atoms. The molecule has 0 unspecified atom stereocenters. The summed E-state index contributed by atoms with van der Waals surface area (Å²) in [5.41, 5.74) is 7.92. The standard InChI is InChI=1S/C23H19N2O2/c1-24-15-25(2)23-21(19-9-5-17(14-27)6-10-19)12-11-20(22(23)24)18-7-3-16(13-26)4-8-18/h3-15H,1-2H3/q+1. The van der Waals surface area contributed by atoms with Crippen LogP contribution in [0.2, 0.25) is 0 Å². The first-order chi connectivity index (χ1) is 13.1. The minimum Gasteiger partial charge on any atom is -0.298 e. The summed E-state index contributed by atoms with van der Waals surface area (Å²) < 4.78 is 4.23. The first kappa shape index (κ1) is 16.9. The zero-order chi connectivity index (χ0) is 19.0. The van der Waals surface area contributed by atoms with Crippen molar-refractivity contribution in [2.75, 3.05) is 0 Å². The first-order valence-electron chi connectivity index (χ1n) is 8.71. The van der Waals surface area contributed by atoms with Crippen molar-refractivity contribution in [3.8, 4) is 22.3 Å². The Morgan fingerprint density at radius 1 is 0.741 bits per heavy atom. The Balaban J connectivity index is 1.95. The SMILES string of the molecule is Cn1c[n+](C)c2c(-c3ccc(C=O)cc3)ccc(-c3ccc(C=O)cc3)c21. The van der Waals surface area contributed by atoms with Crippen LogP contribution in [0.15, 0.2) is 67.0 Å². The van der Waals surface area contributed by atoms with Crippen LogP contribution in [0.25, 0.3) is 33.3 Å². The lowest BCUT2D eigenvalue weighted by atomic mass is 9.96. The van der Waals surface area contributed by atoms with E-state index in [1.807, 2.05) is 62.6 Å². The number of rotatable bonds is 4. The number of imidazole rings is 1. The normalized spacial score (nSPS) is 10.9. The van der Waals surface area contributed by atoms with Crippen molar-refractivity contribution in [1.82, 2.24) is 4.57 Å². The number of aryl methyl sites for hydroxylation is 2. The minimum absolute atomic E-state index is 0.666. The van der Waals surface area contributed by atoms with Crippen LogP contribution in [0.5, 0.6) is 0 Å². The molecule has 0 aliphatic rings. The van der Waals surface area contributed by atoms with Crippen molar-refractivity contribution < 1.29 is 14.2 Å². The summed E-state index contributed by atoms with van der Waals surface area (Å²) in [6.45, 7) is 0. The number of nitrogens with zero attached hydrogens (tertiary/aromatic N) is 2. The van der Waals surface area contributed by atoms with Crippen LogP contribution in [0.4, 0.5) is 0 Å². The maximum atomic E-state index is 10.9. The molecule has 0 fully saturated rings. The van der Waals surface area contributed by atoms with Gasteiger partial charge in [-0.2, -0.15) is 0 Å². The van der Waals surface area contributed by atoms with E-state index < -0.39 is 0 Å². The molecule has 3 aromatic carbocycles. The van der Waals surface area contributed by atoms with E-state index in [9.17, 15) is 9.59 Å². The lowest BCUT2D eigenvalue weighted by molar-refractivity contribution is -0.645. The molecule has 27 heavy (non-hydrogen) atoms. The maximum absolute atomic E-state index is 10.9. The van der Waals surface area contributed by atoms with Gasteiger partial charge in [0, 0.05) is 22.3 Å². The molecule has 4 nitrogen and oxygen atoms in total. The molecule has 4 aromatic rings. The highest BCUT2D eigenvalue weighted by Crippen LogP contribution is 2.34. The fourth-order valence-corrected chi connectivity index (χ4v) is 3.62. The molecule has 0 N–H and O–H groups in total. The van der Waals surface area contributed by atoms with Gasteiger partial charge in [0.2, 0.25) is 6.33 Å². The van der Waals surface area contributed by atoms with Gasteiger partial charge in [-0.3, -0.25) is 9.59 Å². The highest BCUT2D eigenvalue weighted by atomic mass is 16.1. The molecule has 0 atom stereocenters. The van der Waals surface area contributed by atoms with Crippen LogP contribution in [0.3, 0.4) is 0 Å². The van der Waals surface area contributed by atoms with Gasteiger partial charge in [0.25, 0.3) is 0 Å². The summed E-state index contributed by atoms with van der Waals surface area (Å²) in [5.74, 6) is 0. The van der Waals surface area contributed by atoms with Crippen LogP contribution in [-0.4, -0.2) is 17.1 Å². The van der Waals surface area contributed by atoms with Crippen molar-refractivity contribution in [2.45, 2.75) is 0 Å². The quantitative estimate of drug-likeness (QED) is 0.411. The molecular weight excluding hydrogens is 336 g/mol. The van der Waals surface area contributed by atoms with Crippen molar-refractivity contribution in [3.05, 3.63) is 78.1 Å². The van der Waals surface area contributed by atoms with Gasteiger partial charge in [0.05, 0.1) is 14.1 Å². The summed E-state index contributed by atoms with van der Waals surface area (Å²) in [4.78, 5) is 21.9. The number of carbonyl (C=O) groups excluding carboxylic acids is 2. The zero-order valence-electron chi connectivity index (χ0n) is 15.2. The van der Waals surface area contributed by atoms with Crippen molar-refractivity contribution in [1.29, 1.82) is 0 Å². The lowest BCUT2D eigenvalue weighted by Crippen LogP contribution is -2.26. The van der Waals surface area contributed by atoms with Crippen molar-refractivity contribution in [2.24, 2.45) is 14.1 Å². The minimum atomic E-state index is 0.666. The van der Waals surface area contributed by atoms with Crippen LogP contribution < -0.4 is 4.57 Å². The third kappa shape index (κ3) is 2.85. The number of hydrogen-bond acceptors (Lipinski definition) is 2. The van der Waals surface area contributed by atoms with Gasteiger partial charge in [-0.1, -0.05) is 48.5 Å². The molecule has 0 saturated heterocycles. The maximum Gasteiger partial charge on any atom is 0.244 e. The number of carbonyl (C=O) groups is 2. The summed E-state index contributed by atoms with van der Waals surface area (Å²) in [5, 5.41) is 0. The van der Waals surface area contributed by atoms with Crippen LogP contribution in [-0.2, 0) is 14.1 Å². The molecule has 1 heterocycles. The van der Waals surface area contributed by atoms with E-state index in [2.05, 4.69) is 27.6 Å². The molecule has 4 rings (SSSR count). The Morgan fingerprint density at radius 2 is 1.22 bits per heavy atom. The van der Waals surface area contributed by atoms with E-state index in [-0.39, 0.29) is 0 Å². The molecular formula is C23H19N2O2+. The van der Waals surface area contributed by atoms with E-state index in [4.69, 9.17) is 0 Å². The Morgan fingerprint density at radius 3 is 1.74 bits per heavy atom. The predicted molar refractivity (Wildman–Crippen MR) is 106 cm³/mol. The van der Waals surface area contributed by atoms with Crippen LogP contribution in [0.1, 0.15) is 20.7 Å². The molecule has 0 bridgehead atoms. The number of hydrogen-bond donors (Lipinski definition) is 0. The largest absolute Gasteiger partial charge is 0.298 e. The summed E-state index contributed by atoms with van der Waals surface area (Å²) in [6.07, 6.45) is 3.76. The van der Waals surface area contributed by atoms with E-state index in [1.165, 1.54) is 0 Å². The second-order valence-electron chi connectivity index (χ2n) is 6.67. The third-order valence-corrected chi connectivity index (χ3v) is 4.92. The molecule has 0 aliphatic heterocycles. The molecule has 1 aromatic heterocycles. The summed E-state index contributed by atoms with van der Waals surface area (Å²) in [7, 11) is 4.07. The average molecular weight is 355 g/mol. The van der Waals surface area contributed by atoms with Gasteiger partial charge in [-0.15, -0.1) is 0 Å². The number of benzene rings is 3. The van der Waals surface area contributed by atoms with Gasteiger partial charge < -0.3 is 0 Å². The van der Waals surface area contributed by atoms with Crippen LogP contribution in [0, 0.1) is 0 Å². The Labute approximate surface area is 157 Å². The molecule has 0 amide bonds. The van der Waals surface area contributed by atoms with Gasteiger partial charge in [0.15, 0.2) is 11.0 Å². The second-order valence-corrected chi connectivity index (χ2v) is 6.67. The monoisotopic (exact) mass is 355 g/mol. The Bertz CT molecular complexity index is 1060. The van der Waals surface area contributed by atoms with E-state index in [1.54, 1.807) is 0 Å². The highest BCUT2D eigenvalue weighted by molar-refractivity contribution is 5.99. The number of fused-ring (bicyclic) bond motifs is 1. The second kappa shape index (κ2) is 6.65. The van der Waals surface area contributed by atoms with E-state index in [0.717, 1.165) is 45.9 Å². The fraction of sp³-hybridized carbons (Fsp3) is 0.0870. The van der Waals surface area contributed by atoms with E-state index >= 15 is 0 Å². The average Bonchev–Trinajstić information content (AvgIpc) is 3.02. The van der Waals surface area contributed by atoms with Crippen LogP contribution >= 0.6 is 0 Å². The first-order valence-corrected chi connectivity index (χ1v) is 8.71. The summed E-state index contributed by atoms with van der Waals surface area (Å²) in [6, 6.07) is 19.5. The molecule has 0 radical (unpaired) electrons. The topological polar surface area (TPSA) is 43.0 Å². The van der Waals surface area contributed by atoms with Gasteiger partial charge in [0.1, 0.15) is 12.6 Å². The Hall–Kier alpha value is -3.53. The highest BCUT2D eigenvalue weighted by Gasteiger charge is 2.20. The number of aldehydes is 2. The lowest BCUT2D eigenvalue weighted by Gasteiger charge is -2.08. The predicted octanol–water partition coefficient (Wildman–Crippen LogP) is 3.96.